The molecule has 31 heavy (non-hydrogen) atoms. The van der Waals surface area contributed by atoms with Crippen LogP contribution in [0.25, 0.3) is 11.4 Å². The number of rotatable bonds is 4. The first-order valence-corrected chi connectivity index (χ1v) is 10.6. The van der Waals surface area contributed by atoms with Gasteiger partial charge in [-0.05, 0) is 49.8 Å². The van der Waals surface area contributed by atoms with Gasteiger partial charge in [0.1, 0.15) is 11.9 Å². The van der Waals surface area contributed by atoms with E-state index in [0.717, 1.165) is 24.8 Å². The molecule has 6 rings (SSSR count). The van der Waals surface area contributed by atoms with Gasteiger partial charge >= 0.3 is 0 Å². The molecular weight excluding hydrogens is 395 g/mol. The summed E-state index contributed by atoms with van der Waals surface area (Å²) in [5.74, 6) is 0.325. The zero-order valence-corrected chi connectivity index (χ0v) is 17.2. The molecule has 3 fully saturated rings. The summed E-state index contributed by atoms with van der Waals surface area (Å²) in [7, 11) is 0. The van der Waals surface area contributed by atoms with Crippen molar-refractivity contribution < 1.29 is 13.9 Å². The number of hydrogen-bond acceptors (Lipinski definition) is 5. The minimum absolute atomic E-state index is 0.0217. The van der Waals surface area contributed by atoms with E-state index in [4.69, 9.17) is 4.74 Å². The number of ether oxygens (including phenoxy) is 1. The van der Waals surface area contributed by atoms with Crippen LogP contribution in [0.5, 0.6) is 5.88 Å². The first-order chi connectivity index (χ1) is 15.1. The fourth-order valence-corrected chi connectivity index (χ4v) is 4.68. The van der Waals surface area contributed by atoms with E-state index >= 15 is 0 Å². The van der Waals surface area contributed by atoms with Crippen LogP contribution in [0, 0.1) is 18.7 Å². The van der Waals surface area contributed by atoms with E-state index in [9.17, 15) is 9.18 Å². The number of pyridine rings is 1. The summed E-state index contributed by atoms with van der Waals surface area (Å²) in [4.78, 5) is 28.2. The van der Waals surface area contributed by atoms with Gasteiger partial charge in [0, 0.05) is 36.8 Å². The number of carbonyl (C=O) groups excluding carboxylic acids is 1. The number of nitrogens with zero attached hydrogens (tertiary/aromatic N) is 4. The Balaban J connectivity index is 1.45. The summed E-state index contributed by atoms with van der Waals surface area (Å²) >= 11 is 0. The molecule has 3 aliphatic rings. The number of aryl methyl sites for hydroxylation is 1. The number of hydrogen-bond donors (Lipinski definition) is 0. The maximum absolute atomic E-state index is 14.9. The number of halogens is 1. The largest absolute Gasteiger partial charge is 0.472 e. The fourth-order valence-electron chi connectivity index (χ4n) is 4.68. The molecule has 3 aromatic rings. The molecule has 7 heteroatoms. The molecule has 1 amide bonds. The molecule has 1 aliphatic carbocycles. The average Bonchev–Trinajstić information content (AvgIpc) is 2.81. The first kappa shape index (κ1) is 19.6. The highest BCUT2D eigenvalue weighted by molar-refractivity contribution is 6.00. The van der Waals surface area contributed by atoms with Crippen molar-refractivity contribution in [1.82, 2.24) is 19.9 Å². The molecule has 0 radical (unpaired) electrons. The Kier molecular flexibility index (Phi) is 5.10. The number of piperidine rings is 2. The van der Waals surface area contributed by atoms with Gasteiger partial charge in [-0.25, -0.2) is 19.3 Å². The third kappa shape index (κ3) is 3.76. The predicted molar refractivity (Wildman–Crippen MR) is 113 cm³/mol. The summed E-state index contributed by atoms with van der Waals surface area (Å²) in [5.41, 5.74) is 1.49. The summed E-state index contributed by atoms with van der Waals surface area (Å²) in [5, 5.41) is 0. The quantitative estimate of drug-likeness (QED) is 0.639. The molecule has 3 atom stereocenters. The second kappa shape index (κ2) is 8.06. The highest BCUT2D eigenvalue weighted by atomic mass is 19.1. The van der Waals surface area contributed by atoms with Gasteiger partial charge in [0.05, 0.1) is 11.6 Å². The lowest BCUT2D eigenvalue weighted by Crippen LogP contribution is -2.59. The Morgan fingerprint density at radius 3 is 2.68 bits per heavy atom. The van der Waals surface area contributed by atoms with Crippen molar-refractivity contribution in [3.63, 3.8) is 0 Å². The van der Waals surface area contributed by atoms with Crippen molar-refractivity contribution in [1.29, 1.82) is 0 Å². The van der Waals surface area contributed by atoms with Gasteiger partial charge in [-0.2, -0.15) is 0 Å². The van der Waals surface area contributed by atoms with Crippen LogP contribution in [0.4, 0.5) is 4.39 Å². The average molecular weight is 418 g/mol. The zero-order valence-electron chi connectivity index (χ0n) is 17.2. The highest BCUT2D eigenvalue weighted by Crippen LogP contribution is 2.38. The zero-order chi connectivity index (χ0) is 21.4. The second-order valence-corrected chi connectivity index (χ2v) is 8.27. The molecule has 4 heterocycles. The van der Waals surface area contributed by atoms with Crippen molar-refractivity contribution in [2.24, 2.45) is 5.92 Å². The van der Waals surface area contributed by atoms with E-state index in [0.29, 0.717) is 29.7 Å². The van der Waals surface area contributed by atoms with E-state index in [-0.39, 0.29) is 23.6 Å². The van der Waals surface area contributed by atoms with Crippen LogP contribution < -0.4 is 4.74 Å². The van der Waals surface area contributed by atoms with E-state index in [1.165, 1.54) is 6.07 Å². The molecule has 0 N–H and O–H groups in total. The highest BCUT2D eigenvalue weighted by Gasteiger charge is 2.45. The van der Waals surface area contributed by atoms with Gasteiger partial charge in [-0.3, -0.25) is 4.79 Å². The Morgan fingerprint density at radius 1 is 1.10 bits per heavy atom. The number of amides is 1. The Morgan fingerprint density at radius 2 is 1.94 bits per heavy atom. The Bertz CT molecular complexity index is 1090. The number of benzene rings is 1. The van der Waals surface area contributed by atoms with Crippen molar-refractivity contribution in [2.45, 2.75) is 38.3 Å². The molecule has 1 saturated carbocycles. The van der Waals surface area contributed by atoms with E-state index in [1.807, 2.05) is 19.1 Å². The van der Waals surface area contributed by atoms with Gasteiger partial charge in [0.25, 0.3) is 5.91 Å². The third-order valence-corrected chi connectivity index (χ3v) is 6.17. The molecule has 0 spiro atoms. The third-order valence-electron chi connectivity index (χ3n) is 6.17. The number of carbonyl (C=O) groups is 1. The number of aromatic nitrogens is 3. The Labute approximate surface area is 180 Å². The molecule has 2 aromatic heterocycles. The minimum Gasteiger partial charge on any atom is -0.472 e. The monoisotopic (exact) mass is 418 g/mol. The smallest absolute Gasteiger partial charge is 0.257 e. The number of fused-ring (bicyclic) bond motifs is 3. The van der Waals surface area contributed by atoms with E-state index in [1.54, 1.807) is 41.7 Å². The van der Waals surface area contributed by atoms with Crippen LogP contribution in [0.2, 0.25) is 0 Å². The summed E-state index contributed by atoms with van der Waals surface area (Å²) in [6, 6.07) is 9.96. The van der Waals surface area contributed by atoms with Crippen LogP contribution >= 0.6 is 0 Å². The minimum atomic E-state index is -0.561. The lowest BCUT2D eigenvalue weighted by atomic mass is 9.77. The SMILES string of the molecule is Cc1ccc(O[C@@H]2CC3CC[C@@H]2N(C(=O)c2c(F)cccc2-c2ncccn2)C3)nc1. The molecule has 2 aliphatic heterocycles. The second-order valence-electron chi connectivity index (χ2n) is 8.27. The lowest BCUT2D eigenvalue weighted by Gasteiger charge is -2.49. The first-order valence-electron chi connectivity index (χ1n) is 10.6. The van der Waals surface area contributed by atoms with Crippen LogP contribution in [-0.2, 0) is 0 Å². The van der Waals surface area contributed by atoms with E-state index < -0.39 is 5.82 Å². The van der Waals surface area contributed by atoms with Crippen molar-refractivity contribution in [3.8, 4) is 17.3 Å². The standard InChI is InChI=1S/C24H23FN4O2/c1-15-6-9-21(28-13-15)31-20-12-16-7-8-19(20)29(14-16)24(30)22-17(4-2-5-18(22)25)23-26-10-3-11-27-23/h2-6,9-11,13,16,19-20H,7-8,12,14H2,1H3/t16?,19-,20+/m0/s1. The molecule has 6 nitrogen and oxygen atoms in total. The summed E-state index contributed by atoms with van der Waals surface area (Å²) in [6.07, 6.45) is 7.53. The summed E-state index contributed by atoms with van der Waals surface area (Å²) < 4.78 is 21.1. The molecular formula is C24H23FN4O2. The topological polar surface area (TPSA) is 68.2 Å². The maximum atomic E-state index is 14.9. The van der Waals surface area contributed by atoms with Crippen LogP contribution in [0.1, 0.15) is 35.2 Å². The van der Waals surface area contributed by atoms with Gasteiger partial charge in [-0.1, -0.05) is 18.2 Å². The predicted octanol–water partition coefficient (Wildman–Crippen LogP) is 4.06. The molecule has 158 valence electrons. The van der Waals surface area contributed by atoms with Gasteiger partial charge in [-0.15, -0.1) is 0 Å². The van der Waals surface area contributed by atoms with Crippen LogP contribution in [0.3, 0.4) is 0 Å². The molecule has 2 saturated heterocycles. The fraction of sp³-hybridized carbons (Fsp3) is 0.333. The summed E-state index contributed by atoms with van der Waals surface area (Å²) in [6.45, 7) is 2.58. The normalized spacial score (nSPS) is 22.4. The maximum Gasteiger partial charge on any atom is 0.257 e. The van der Waals surface area contributed by atoms with Crippen molar-refractivity contribution in [2.75, 3.05) is 6.54 Å². The Hall–Kier alpha value is -3.35. The van der Waals surface area contributed by atoms with Gasteiger partial charge < -0.3 is 9.64 Å². The van der Waals surface area contributed by atoms with E-state index in [2.05, 4.69) is 15.0 Å². The lowest BCUT2D eigenvalue weighted by molar-refractivity contribution is -0.0315. The van der Waals surface area contributed by atoms with Crippen LogP contribution in [0.15, 0.2) is 55.0 Å². The van der Waals surface area contributed by atoms with Gasteiger partial charge in [0.15, 0.2) is 5.82 Å². The molecule has 2 bridgehead atoms. The van der Waals surface area contributed by atoms with Crippen molar-refractivity contribution >= 4 is 5.91 Å². The van der Waals surface area contributed by atoms with Gasteiger partial charge in [0.2, 0.25) is 5.88 Å². The molecule has 1 unspecified atom stereocenters. The van der Waals surface area contributed by atoms with Crippen molar-refractivity contribution in [3.05, 3.63) is 71.9 Å². The van der Waals surface area contributed by atoms with Crippen LogP contribution in [-0.4, -0.2) is 44.4 Å². The molecule has 1 aromatic carbocycles.